The van der Waals surface area contributed by atoms with E-state index in [2.05, 4.69) is 37.7 Å². The molecule has 0 spiro atoms. The molecule has 0 saturated heterocycles. The van der Waals surface area contributed by atoms with Gasteiger partial charge in [-0.2, -0.15) is 0 Å². The lowest BCUT2D eigenvalue weighted by molar-refractivity contribution is 0.0997. The van der Waals surface area contributed by atoms with Crippen LogP contribution in [0.4, 0.5) is 0 Å². The lowest BCUT2D eigenvalue weighted by Gasteiger charge is -2.09. The molecule has 2 aromatic rings. The molecule has 1 heterocycles. The smallest absolute Gasteiger partial charge is 0.249 e. The molecule has 0 atom stereocenters. The molecule has 0 radical (unpaired) electrons. The van der Waals surface area contributed by atoms with E-state index in [0.29, 0.717) is 10.4 Å². The Morgan fingerprint density at radius 3 is 3.00 bits per heavy atom. The van der Waals surface area contributed by atoms with Crippen molar-refractivity contribution in [3.8, 4) is 5.88 Å². The van der Waals surface area contributed by atoms with Gasteiger partial charge in [-0.3, -0.25) is 4.79 Å². The highest BCUT2D eigenvalue weighted by Gasteiger charge is 2.13. The summed E-state index contributed by atoms with van der Waals surface area (Å²) in [4.78, 5) is 14.8. The topological polar surface area (TPSA) is 113 Å². The van der Waals surface area contributed by atoms with E-state index in [9.17, 15) is 4.79 Å². The summed E-state index contributed by atoms with van der Waals surface area (Å²) in [6.45, 7) is 0.0676. The van der Waals surface area contributed by atoms with Gasteiger partial charge in [0, 0.05) is 25.7 Å². The Hall–Kier alpha value is -2.26. The lowest BCUT2D eigenvalue weighted by atomic mass is 10.1. The fraction of sp³-hybridized carbons (Fsp3) is 0.0909. The molecule has 20 heavy (non-hydrogen) atoms. The molecule has 8 nitrogen and oxygen atoms in total. The summed E-state index contributed by atoms with van der Waals surface area (Å²) in [5.74, 6) is -0.452. The van der Waals surface area contributed by atoms with Crippen LogP contribution in [0.25, 0.3) is 10.4 Å². The molecule has 1 N–H and O–H groups in total. The standard InChI is InChI=1S/C11H8IN5O3/c12-9-3-1-2-7(11(18)14-16-13)8(9)6-20-10-4-5-17(19)15-10/h1-5,19H,6H2. The van der Waals surface area contributed by atoms with Crippen molar-refractivity contribution >= 4 is 28.5 Å². The SMILES string of the molecule is [N-]=[N+]=NC(=O)c1cccc(I)c1COc1ccn(O)n1. The molecule has 0 fully saturated rings. The average Bonchev–Trinajstić information content (AvgIpc) is 2.83. The van der Waals surface area contributed by atoms with E-state index < -0.39 is 5.91 Å². The number of hydrogen-bond acceptors (Lipinski definition) is 4. The zero-order valence-corrected chi connectivity index (χ0v) is 12.1. The minimum atomic E-state index is -0.669. The molecule has 0 aliphatic heterocycles. The number of ether oxygens (including phenoxy) is 1. The van der Waals surface area contributed by atoms with Gasteiger partial charge < -0.3 is 9.94 Å². The minimum Gasteiger partial charge on any atom is -0.472 e. The second kappa shape index (κ2) is 6.26. The summed E-state index contributed by atoms with van der Waals surface area (Å²) in [5.41, 5.74) is 9.20. The number of hydrogen-bond donors (Lipinski definition) is 1. The zero-order chi connectivity index (χ0) is 14.5. The summed E-state index contributed by atoms with van der Waals surface area (Å²) in [7, 11) is 0. The van der Waals surface area contributed by atoms with Crippen molar-refractivity contribution in [1.29, 1.82) is 0 Å². The van der Waals surface area contributed by atoms with Crippen molar-refractivity contribution in [3.63, 3.8) is 0 Å². The summed E-state index contributed by atoms with van der Waals surface area (Å²) in [6.07, 6.45) is 1.32. The van der Waals surface area contributed by atoms with Crippen LogP contribution in [0.3, 0.4) is 0 Å². The number of nitrogens with zero attached hydrogens (tertiary/aromatic N) is 5. The lowest BCUT2D eigenvalue weighted by Crippen LogP contribution is -2.07. The predicted octanol–water partition coefficient (Wildman–Crippen LogP) is 2.75. The maximum Gasteiger partial charge on any atom is 0.249 e. The third-order valence-corrected chi connectivity index (χ3v) is 3.41. The Bertz CT molecular complexity index is 693. The van der Waals surface area contributed by atoms with Gasteiger partial charge in [0.2, 0.25) is 11.8 Å². The quantitative estimate of drug-likeness (QED) is 0.287. The van der Waals surface area contributed by atoms with Gasteiger partial charge in [-0.15, -0.1) is 4.85 Å². The molecule has 9 heteroatoms. The Morgan fingerprint density at radius 1 is 1.55 bits per heavy atom. The fourth-order valence-electron chi connectivity index (χ4n) is 1.52. The summed E-state index contributed by atoms with van der Waals surface area (Å²) in [6, 6.07) is 6.53. The summed E-state index contributed by atoms with van der Waals surface area (Å²) >= 11 is 2.05. The number of amides is 1. The molecule has 0 bridgehead atoms. The van der Waals surface area contributed by atoms with Crippen LogP contribution in [-0.4, -0.2) is 21.1 Å². The van der Waals surface area contributed by atoms with Crippen molar-refractivity contribution in [2.24, 2.45) is 5.11 Å². The van der Waals surface area contributed by atoms with Gasteiger partial charge in [0.05, 0.1) is 6.20 Å². The first kappa shape index (κ1) is 14.2. The van der Waals surface area contributed by atoms with Crippen LogP contribution >= 0.6 is 22.6 Å². The molecule has 0 saturated carbocycles. The number of aromatic nitrogens is 2. The molecule has 0 aliphatic rings. The second-order valence-corrected chi connectivity index (χ2v) is 4.79. The van der Waals surface area contributed by atoms with E-state index in [1.54, 1.807) is 18.2 Å². The van der Waals surface area contributed by atoms with Crippen LogP contribution in [0.5, 0.6) is 5.88 Å². The van der Waals surface area contributed by atoms with Crippen LogP contribution in [0.2, 0.25) is 0 Å². The Kier molecular flexibility index (Phi) is 4.43. The zero-order valence-electron chi connectivity index (χ0n) is 9.97. The average molecular weight is 385 g/mol. The van der Waals surface area contributed by atoms with Crippen LogP contribution in [0, 0.1) is 3.57 Å². The van der Waals surface area contributed by atoms with Gasteiger partial charge in [-0.25, -0.2) is 0 Å². The molecular weight excluding hydrogens is 377 g/mol. The predicted molar refractivity (Wildman–Crippen MR) is 76.4 cm³/mol. The van der Waals surface area contributed by atoms with Crippen LogP contribution < -0.4 is 4.74 Å². The second-order valence-electron chi connectivity index (χ2n) is 3.62. The van der Waals surface area contributed by atoms with Gasteiger partial charge in [0.25, 0.3) is 0 Å². The van der Waals surface area contributed by atoms with E-state index in [4.69, 9.17) is 15.5 Å². The first-order valence-electron chi connectivity index (χ1n) is 5.36. The van der Waals surface area contributed by atoms with Crippen molar-refractivity contribution in [1.82, 2.24) is 9.94 Å². The van der Waals surface area contributed by atoms with Gasteiger partial charge in [0.15, 0.2) is 0 Å². The summed E-state index contributed by atoms with van der Waals surface area (Å²) in [5, 5.41) is 15.8. The minimum absolute atomic E-state index is 0.0676. The van der Waals surface area contributed by atoms with Crippen molar-refractivity contribution in [3.05, 3.63) is 55.6 Å². The normalized spacial score (nSPS) is 9.85. The summed E-state index contributed by atoms with van der Waals surface area (Å²) < 4.78 is 6.18. The van der Waals surface area contributed by atoms with Crippen molar-refractivity contribution in [2.45, 2.75) is 6.61 Å². The Morgan fingerprint density at radius 2 is 2.35 bits per heavy atom. The number of rotatable bonds is 4. The molecular formula is C11H8IN5O3. The number of azide groups is 1. The first-order valence-corrected chi connectivity index (χ1v) is 6.44. The Labute approximate surface area is 126 Å². The highest BCUT2D eigenvalue weighted by atomic mass is 127. The maximum atomic E-state index is 11.7. The third-order valence-electron chi connectivity index (χ3n) is 2.40. The van der Waals surface area contributed by atoms with E-state index in [1.807, 2.05) is 0 Å². The van der Waals surface area contributed by atoms with E-state index >= 15 is 0 Å². The van der Waals surface area contributed by atoms with Crippen LogP contribution in [-0.2, 0) is 6.61 Å². The van der Waals surface area contributed by atoms with Crippen molar-refractivity contribution < 1.29 is 14.7 Å². The molecule has 102 valence electrons. The van der Waals surface area contributed by atoms with Crippen LogP contribution in [0.15, 0.2) is 35.6 Å². The molecule has 0 unspecified atom stereocenters. The van der Waals surface area contributed by atoms with E-state index in [-0.39, 0.29) is 18.1 Å². The Balaban J connectivity index is 2.25. The third kappa shape index (κ3) is 3.19. The number of halogens is 1. The highest BCUT2D eigenvalue weighted by Crippen LogP contribution is 2.20. The number of carbonyl (C=O) groups excluding carboxylic acids is 1. The monoisotopic (exact) mass is 385 g/mol. The van der Waals surface area contributed by atoms with Gasteiger partial charge >= 0.3 is 0 Å². The van der Waals surface area contributed by atoms with Crippen LogP contribution in [0.1, 0.15) is 15.9 Å². The molecule has 1 aromatic carbocycles. The molecule has 1 aromatic heterocycles. The largest absolute Gasteiger partial charge is 0.472 e. The van der Waals surface area contributed by atoms with Gasteiger partial charge in [0.1, 0.15) is 6.61 Å². The molecule has 0 aliphatic carbocycles. The van der Waals surface area contributed by atoms with Crippen molar-refractivity contribution in [2.75, 3.05) is 0 Å². The highest BCUT2D eigenvalue weighted by molar-refractivity contribution is 14.1. The number of carbonyl (C=O) groups is 1. The fourth-order valence-corrected chi connectivity index (χ4v) is 2.18. The first-order chi connectivity index (χ1) is 9.61. The molecule has 1 amide bonds. The van der Waals surface area contributed by atoms with E-state index in [0.717, 1.165) is 3.57 Å². The van der Waals surface area contributed by atoms with E-state index in [1.165, 1.54) is 12.3 Å². The number of benzene rings is 1. The molecule has 2 rings (SSSR count). The maximum absolute atomic E-state index is 11.7. The van der Waals surface area contributed by atoms with Gasteiger partial charge in [-0.1, -0.05) is 17.2 Å². The van der Waals surface area contributed by atoms with Gasteiger partial charge in [-0.05, 0) is 39.3 Å².